The SMILES string of the molecule is CCc1nc(CC(C)(C)OC)c(N)s1. The molecule has 80 valence electrons. The molecule has 0 aliphatic heterocycles. The minimum Gasteiger partial charge on any atom is -0.389 e. The van der Waals surface area contributed by atoms with Gasteiger partial charge >= 0.3 is 0 Å². The van der Waals surface area contributed by atoms with Crippen LogP contribution < -0.4 is 5.73 Å². The zero-order chi connectivity index (χ0) is 10.8. The Balaban J connectivity index is 2.81. The third kappa shape index (κ3) is 2.69. The van der Waals surface area contributed by atoms with E-state index in [0.29, 0.717) is 0 Å². The highest BCUT2D eigenvalue weighted by Gasteiger charge is 2.20. The van der Waals surface area contributed by atoms with E-state index in [0.717, 1.165) is 28.5 Å². The number of thiazole rings is 1. The van der Waals surface area contributed by atoms with Gasteiger partial charge in [-0.3, -0.25) is 0 Å². The predicted molar refractivity (Wildman–Crippen MR) is 60.7 cm³/mol. The van der Waals surface area contributed by atoms with Gasteiger partial charge in [-0.2, -0.15) is 0 Å². The van der Waals surface area contributed by atoms with Crippen LogP contribution in [0, 0.1) is 0 Å². The van der Waals surface area contributed by atoms with E-state index < -0.39 is 0 Å². The van der Waals surface area contributed by atoms with Crippen molar-refractivity contribution in [3.05, 3.63) is 10.7 Å². The van der Waals surface area contributed by atoms with Gasteiger partial charge in [-0.05, 0) is 20.3 Å². The molecular formula is C10H18N2OS. The molecule has 14 heavy (non-hydrogen) atoms. The fourth-order valence-electron chi connectivity index (χ4n) is 1.17. The number of hydrogen-bond donors (Lipinski definition) is 1. The molecule has 0 spiro atoms. The molecule has 0 aliphatic rings. The van der Waals surface area contributed by atoms with Crippen molar-refractivity contribution in [1.29, 1.82) is 0 Å². The van der Waals surface area contributed by atoms with Gasteiger partial charge in [-0.1, -0.05) is 6.92 Å². The van der Waals surface area contributed by atoms with Crippen molar-refractivity contribution in [1.82, 2.24) is 4.98 Å². The summed E-state index contributed by atoms with van der Waals surface area (Å²) in [5.74, 6) is 0. The zero-order valence-corrected chi connectivity index (χ0v) is 10.1. The topological polar surface area (TPSA) is 48.1 Å². The molecule has 0 fully saturated rings. The molecule has 0 aliphatic carbocycles. The third-order valence-electron chi connectivity index (χ3n) is 2.22. The summed E-state index contributed by atoms with van der Waals surface area (Å²) in [6.45, 7) is 6.17. The molecule has 0 aromatic carbocycles. The Morgan fingerprint density at radius 1 is 1.50 bits per heavy atom. The van der Waals surface area contributed by atoms with Gasteiger partial charge in [0.05, 0.1) is 16.3 Å². The molecule has 1 rings (SSSR count). The lowest BCUT2D eigenvalue weighted by atomic mass is 10.0. The molecule has 0 saturated heterocycles. The number of methoxy groups -OCH3 is 1. The Morgan fingerprint density at radius 2 is 2.14 bits per heavy atom. The molecule has 1 aromatic rings. The van der Waals surface area contributed by atoms with E-state index in [1.54, 1.807) is 18.4 Å². The molecule has 4 heteroatoms. The number of nitrogen functional groups attached to an aromatic ring is 1. The van der Waals surface area contributed by atoms with E-state index in [9.17, 15) is 0 Å². The van der Waals surface area contributed by atoms with Crippen molar-refractivity contribution in [2.45, 2.75) is 39.2 Å². The Kier molecular flexibility index (Phi) is 3.50. The molecule has 1 heterocycles. The maximum absolute atomic E-state index is 5.88. The maximum atomic E-state index is 5.88. The van der Waals surface area contributed by atoms with Crippen molar-refractivity contribution in [3.63, 3.8) is 0 Å². The van der Waals surface area contributed by atoms with Crippen molar-refractivity contribution >= 4 is 16.3 Å². The number of hydrogen-bond acceptors (Lipinski definition) is 4. The standard InChI is InChI=1S/C10H18N2OS/c1-5-8-12-7(9(11)14-8)6-10(2,3)13-4/h5-6,11H2,1-4H3. The third-order valence-corrected chi connectivity index (χ3v) is 3.29. The van der Waals surface area contributed by atoms with E-state index in [1.165, 1.54) is 0 Å². The average molecular weight is 214 g/mol. The van der Waals surface area contributed by atoms with Crippen LogP contribution in [0.15, 0.2) is 0 Å². The van der Waals surface area contributed by atoms with Crippen molar-refractivity contribution in [2.24, 2.45) is 0 Å². The summed E-state index contributed by atoms with van der Waals surface area (Å²) >= 11 is 1.58. The molecule has 0 amide bonds. The number of nitrogens with two attached hydrogens (primary N) is 1. The number of nitrogens with zero attached hydrogens (tertiary/aromatic N) is 1. The fraction of sp³-hybridized carbons (Fsp3) is 0.700. The van der Waals surface area contributed by atoms with E-state index in [-0.39, 0.29) is 5.60 Å². The lowest BCUT2D eigenvalue weighted by Gasteiger charge is -2.21. The summed E-state index contributed by atoms with van der Waals surface area (Å²) in [5.41, 5.74) is 6.66. The van der Waals surface area contributed by atoms with Gasteiger partial charge in [0.2, 0.25) is 0 Å². The summed E-state index contributed by atoms with van der Waals surface area (Å²) in [7, 11) is 1.71. The predicted octanol–water partition coefficient (Wildman–Crippen LogP) is 2.26. The van der Waals surface area contributed by atoms with Crippen LogP contribution in [0.1, 0.15) is 31.5 Å². The Bertz CT molecular complexity index is 307. The summed E-state index contributed by atoms with van der Waals surface area (Å²) in [5, 5.41) is 1.93. The Hall–Kier alpha value is -0.610. The van der Waals surface area contributed by atoms with Crippen molar-refractivity contribution < 1.29 is 4.74 Å². The highest BCUT2D eigenvalue weighted by Crippen LogP contribution is 2.26. The van der Waals surface area contributed by atoms with Gasteiger partial charge < -0.3 is 10.5 Å². The second-order valence-corrected chi connectivity index (χ2v) is 5.03. The van der Waals surface area contributed by atoms with Crippen LogP contribution in [-0.4, -0.2) is 17.7 Å². The Morgan fingerprint density at radius 3 is 2.57 bits per heavy atom. The average Bonchev–Trinajstić information content (AvgIpc) is 2.47. The molecule has 3 nitrogen and oxygen atoms in total. The number of aromatic nitrogens is 1. The Labute approximate surface area is 89.3 Å². The van der Waals surface area contributed by atoms with Crippen LogP contribution in [0.4, 0.5) is 5.00 Å². The first kappa shape index (κ1) is 11.5. The van der Waals surface area contributed by atoms with Gasteiger partial charge in [-0.25, -0.2) is 4.98 Å². The van der Waals surface area contributed by atoms with Crippen LogP contribution >= 0.6 is 11.3 Å². The largest absolute Gasteiger partial charge is 0.389 e. The van der Waals surface area contributed by atoms with Gasteiger partial charge in [0.25, 0.3) is 0 Å². The van der Waals surface area contributed by atoms with Crippen LogP contribution in [-0.2, 0) is 17.6 Å². The molecule has 0 atom stereocenters. The summed E-state index contributed by atoms with van der Waals surface area (Å²) in [6.07, 6.45) is 1.72. The highest BCUT2D eigenvalue weighted by molar-refractivity contribution is 7.15. The van der Waals surface area contributed by atoms with Crippen LogP contribution in [0.5, 0.6) is 0 Å². The zero-order valence-electron chi connectivity index (χ0n) is 9.26. The summed E-state index contributed by atoms with van der Waals surface area (Å²) in [6, 6.07) is 0. The van der Waals surface area contributed by atoms with Crippen molar-refractivity contribution in [2.75, 3.05) is 12.8 Å². The number of ether oxygens (including phenoxy) is 1. The summed E-state index contributed by atoms with van der Waals surface area (Å²) in [4.78, 5) is 4.47. The minimum atomic E-state index is -0.187. The maximum Gasteiger partial charge on any atom is 0.109 e. The molecule has 2 N–H and O–H groups in total. The smallest absolute Gasteiger partial charge is 0.109 e. The minimum absolute atomic E-state index is 0.187. The first-order chi connectivity index (χ1) is 6.48. The molecule has 0 unspecified atom stereocenters. The number of anilines is 1. The first-order valence-corrected chi connectivity index (χ1v) is 5.59. The molecule has 0 radical (unpaired) electrons. The molecule has 0 bridgehead atoms. The quantitative estimate of drug-likeness (QED) is 0.836. The van der Waals surface area contributed by atoms with Crippen LogP contribution in [0.2, 0.25) is 0 Å². The lowest BCUT2D eigenvalue weighted by molar-refractivity contribution is 0.0226. The van der Waals surface area contributed by atoms with Crippen LogP contribution in [0.25, 0.3) is 0 Å². The second-order valence-electron chi connectivity index (χ2n) is 3.91. The normalized spacial score (nSPS) is 12.0. The van der Waals surface area contributed by atoms with E-state index in [1.807, 2.05) is 13.8 Å². The van der Waals surface area contributed by atoms with Crippen molar-refractivity contribution in [3.8, 4) is 0 Å². The molecular weight excluding hydrogens is 196 g/mol. The summed E-state index contributed by atoms with van der Waals surface area (Å²) < 4.78 is 5.35. The van der Waals surface area contributed by atoms with Gasteiger partial charge in [0, 0.05) is 13.5 Å². The van der Waals surface area contributed by atoms with Gasteiger partial charge in [0.1, 0.15) is 5.00 Å². The van der Waals surface area contributed by atoms with E-state index >= 15 is 0 Å². The van der Waals surface area contributed by atoms with Gasteiger partial charge in [-0.15, -0.1) is 11.3 Å². The second kappa shape index (κ2) is 4.28. The molecule has 0 saturated carbocycles. The monoisotopic (exact) mass is 214 g/mol. The molecule has 1 aromatic heterocycles. The van der Waals surface area contributed by atoms with Gasteiger partial charge in [0.15, 0.2) is 0 Å². The number of aryl methyl sites for hydroxylation is 1. The van der Waals surface area contributed by atoms with E-state index in [4.69, 9.17) is 10.5 Å². The number of rotatable bonds is 4. The fourth-order valence-corrected chi connectivity index (χ4v) is 1.96. The van der Waals surface area contributed by atoms with E-state index in [2.05, 4.69) is 11.9 Å². The highest BCUT2D eigenvalue weighted by atomic mass is 32.1. The first-order valence-electron chi connectivity index (χ1n) is 4.77. The van der Waals surface area contributed by atoms with Crippen LogP contribution in [0.3, 0.4) is 0 Å². The lowest BCUT2D eigenvalue weighted by Crippen LogP contribution is -2.26.